The molecule has 0 aliphatic carbocycles. The molecule has 0 fully saturated rings. The normalized spacial score (nSPS) is 11.5. The molecular weight excluding hydrogens is 641 g/mol. The quantitative estimate of drug-likeness (QED) is 0.135. The summed E-state index contributed by atoms with van der Waals surface area (Å²) in [5, 5.41) is 11.1. The van der Waals surface area contributed by atoms with Crippen LogP contribution in [0, 0.1) is 6.92 Å². The van der Waals surface area contributed by atoms with Crippen molar-refractivity contribution in [3.63, 3.8) is 0 Å². The third kappa shape index (κ3) is 7.04. The Bertz CT molecular complexity index is 2620. The van der Waals surface area contributed by atoms with E-state index in [2.05, 4.69) is 152 Å². The predicted octanol–water partition coefficient (Wildman–Crippen LogP) is 13.4. The van der Waals surface area contributed by atoms with Gasteiger partial charge >= 0.3 is 0 Å². The molecule has 3 N–H and O–H groups in total. The van der Waals surface area contributed by atoms with Gasteiger partial charge in [0.25, 0.3) is 0 Å². The van der Waals surface area contributed by atoms with E-state index in [-0.39, 0.29) is 0 Å². The van der Waals surface area contributed by atoms with Crippen molar-refractivity contribution >= 4 is 49.4 Å². The van der Waals surface area contributed by atoms with E-state index in [4.69, 9.17) is 5.73 Å². The molecule has 0 bridgehead atoms. The summed E-state index contributed by atoms with van der Waals surface area (Å²) in [6.45, 7) is 2.08. The van der Waals surface area contributed by atoms with Crippen molar-refractivity contribution in [3.8, 4) is 22.3 Å². The van der Waals surface area contributed by atoms with Crippen molar-refractivity contribution in [2.45, 2.75) is 6.92 Å². The van der Waals surface area contributed by atoms with Gasteiger partial charge in [-0.1, -0.05) is 194 Å². The Kier molecular flexibility index (Phi) is 9.50. The topological polar surface area (TPSA) is 38.0 Å². The van der Waals surface area contributed by atoms with Crippen LogP contribution in [0.1, 0.15) is 16.7 Å². The van der Waals surface area contributed by atoms with Gasteiger partial charge in [0.15, 0.2) is 0 Å². The van der Waals surface area contributed by atoms with Gasteiger partial charge in [-0.3, -0.25) is 0 Å². The molecule has 0 aliphatic heterocycles. The van der Waals surface area contributed by atoms with Crippen LogP contribution in [0.4, 0.5) is 5.69 Å². The average Bonchev–Trinajstić information content (AvgIpc) is 3.23. The first-order chi connectivity index (χ1) is 26.1. The van der Waals surface area contributed by atoms with Crippen LogP contribution in [0.25, 0.3) is 66.0 Å². The lowest BCUT2D eigenvalue weighted by Gasteiger charge is -2.19. The number of hydrogen-bond acceptors (Lipinski definition) is 2. The molecule has 2 heteroatoms. The Balaban J connectivity index is 0.000000515. The van der Waals surface area contributed by atoms with Gasteiger partial charge in [-0.05, 0) is 85.3 Å². The first kappa shape index (κ1) is 33.3. The molecule has 53 heavy (non-hydrogen) atoms. The van der Waals surface area contributed by atoms with E-state index in [1.165, 1.54) is 60.1 Å². The number of fused-ring (bicyclic) bond motifs is 3. The summed E-state index contributed by atoms with van der Waals surface area (Å²) >= 11 is 0. The standard InChI is InChI=1S/C44H32N2.C7H8/c45-43(32-14-3-1-4-15-32)44(33-16-5-2-6-17-33)46-36-27-25-31(26-28-36)41-37-19-9-11-21-39(37)42(40-22-12-10-20-38(40)41)35-24-23-30-13-7-8-18-34(30)29-35;1-7-5-3-2-4-6-7/h1-29,46H,45H2;2-6H,1H3/b44-43-;. The SMILES string of the molecule is Cc1ccccc1.N/C(=C(\Nc1ccc(-c2c3ccccc3c(-c3ccc4ccccc4c3)c3ccccc23)cc1)c1ccccc1)c1ccccc1. The Morgan fingerprint density at radius 1 is 0.396 bits per heavy atom. The summed E-state index contributed by atoms with van der Waals surface area (Å²) < 4.78 is 0. The molecule has 254 valence electrons. The van der Waals surface area contributed by atoms with Gasteiger partial charge in [0.2, 0.25) is 0 Å². The highest BCUT2D eigenvalue weighted by atomic mass is 14.9. The second-order valence-electron chi connectivity index (χ2n) is 13.3. The van der Waals surface area contributed by atoms with Crippen molar-refractivity contribution in [1.29, 1.82) is 0 Å². The molecule has 0 saturated heterocycles. The maximum absolute atomic E-state index is 6.77. The Labute approximate surface area is 311 Å². The molecule has 0 amide bonds. The Hall–Kier alpha value is -6.90. The predicted molar refractivity (Wildman–Crippen MR) is 229 cm³/mol. The monoisotopic (exact) mass is 680 g/mol. The number of rotatable bonds is 6. The Morgan fingerprint density at radius 2 is 0.830 bits per heavy atom. The number of nitrogens with two attached hydrogens (primary N) is 1. The van der Waals surface area contributed by atoms with Crippen LogP contribution in [0.2, 0.25) is 0 Å². The first-order valence-corrected chi connectivity index (χ1v) is 18.1. The zero-order valence-electron chi connectivity index (χ0n) is 29.7. The van der Waals surface area contributed by atoms with Crippen molar-refractivity contribution in [1.82, 2.24) is 0 Å². The number of aryl methyl sites for hydroxylation is 1. The molecule has 0 aliphatic rings. The maximum atomic E-state index is 6.77. The van der Waals surface area contributed by atoms with E-state index >= 15 is 0 Å². The molecule has 0 unspecified atom stereocenters. The molecule has 2 nitrogen and oxygen atoms in total. The van der Waals surface area contributed by atoms with Crippen LogP contribution in [0.5, 0.6) is 0 Å². The lowest BCUT2D eigenvalue weighted by molar-refractivity contribution is 1.46. The average molecular weight is 681 g/mol. The zero-order valence-corrected chi connectivity index (χ0v) is 29.7. The molecule has 0 spiro atoms. The minimum atomic E-state index is 0.706. The van der Waals surface area contributed by atoms with E-state index in [9.17, 15) is 0 Å². The summed E-state index contributed by atoms with van der Waals surface area (Å²) in [7, 11) is 0. The van der Waals surface area contributed by atoms with Crippen LogP contribution in [-0.4, -0.2) is 0 Å². The van der Waals surface area contributed by atoms with E-state index in [1.54, 1.807) is 0 Å². The van der Waals surface area contributed by atoms with Crippen molar-refractivity contribution in [2.24, 2.45) is 5.73 Å². The lowest BCUT2D eigenvalue weighted by Crippen LogP contribution is -2.08. The second-order valence-corrected chi connectivity index (χ2v) is 13.3. The molecular formula is C51H40N2. The lowest BCUT2D eigenvalue weighted by atomic mass is 9.85. The molecule has 0 atom stereocenters. The van der Waals surface area contributed by atoms with Gasteiger partial charge in [-0.25, -0.2) is 0 Å². The summed E-state index contributed by atoms with van der Waals surface area (Å²) in [5.74, 6) is 0. The molecule has 9 rings (SSSR count). The van der Waals surface area contributed by atoms with Gasteiger partial charge in [0.05, 0.1) is 11.4 Å². The highest BCUT2D eigenvalue weighted by Gasteiger charge is 2.17. The summed E-state index contributed by atoms with van der Waals surface area (Å²) in [6.07, 6.45) is 0. The summed E-state index contributed by atoms with van der Waals surface area (Å²) in [5.41, 5.74) is 17.6. The number of nitrogens with one attached hydrogen (secondary N) is 1. The van der Waals surface area contributed by atoms with Crippen molar-refractivity contribution in [2.75, 3.05) is 5.32 Å². The number of anilines is 1. The first-order valence-electron chi connectivity index (χ1n) is 18.1. The minimum Gasteiger partial charge on any atom is -0.397 e. The molecule has 0 saturated carbocycles. The van der Waals surface area contributed by atoms with Crippen LogP contribution < -0.4 is 11.1 Å². The van der Waals surface area contributed by atoms with Crippen molar-refractivity contribution < 1.29 is 0 Å². The van der Waals surface area contributed by atoms with Gasteiger partial charge < -0.3 is 11.1 Å². The van der Waals surface area contributed by atoms with Crippen LogP contribution in [0.3, 0.4) is 0 Å². The fourth-order valence-corrected chi connectivity index (χ4v) is 7.16. The molecule has 0 aromatic heterocycles. The van der Waals surface area contributed by atoms with Gasteiger partial charge in [0, 0.05) is 11.3 Å². The van der Waals surface area contributed by atoms with Crippen molar-refractivity contribution in [3.05, 3.63) is 223 Å². The molecule has 9 aromatic rings. The van der Waals surface area contributed by atoms with E-state index < -0.39 is 0 Å². The minimum absolute atomic E-state index is 0.706. The largest absolute Gasteiger partial charge is 0.397 e. The maximum Gasteiger partial charge on any atom is 0.0697 e. The molecule has 0 radical (unpaired) electrons. The molecule has 0 heterocycles. The highest BCUT2D eigenvalue weighted by Crippen LogP contribution is 2.44. The Morgan fingerprint density at radius 3 is 1.36 bits per heavy atom. The van der Waals surface area contributed by atoms with Crippen LogP contribution in [-0.2, 0) is 0 Å². The van der Waals surface area contributed by atoms with E-state index in [0.29, 0.717) is 5.70 Å². The highest BCUT2D eigenvalue weighted by molar-refractivity contribution is 6.21. The third-order valence-electron chi connectivity index (χ3n) is 9.77. The smallest absolute Gasteiger partial charge is 0.0697 e. The third-order valence-corrected chi connectivity index (χ3v) is 9.77. The van der Waals surface area contributed by atoms with Gasteiger partial charge in [-0.2, -0.15) is 0 Å². The van der Waals surface area contributed by atoms with Crippen LogP contribution >= 0.6 is 0 Å². The number of benzene rings is 9. The second kappa shape index (κ2) is 15.1. The number of hydrogen-bond donors (Lipinski definition) is 2. The van der Waals surface area contributed by atoms with E-state index in [0.717, 1.165) is 22.5 Å². The van der Waals surface area contributed by atoms with Crippen LogP contribution in [0.15, 0.2) is 206 Å². The molecule has 9 aromatic carbocycles. The van der Waals surface area contributed by atoms with E-state index in [1.807, 2.05) is 66.7 Å². The fourth-order valence-electron chi connectivity index (χ4n) is 7.16. The van der Waals surface area contributed by atoms with Gasteiger partial charge in [-0.15, -0.1) is 0 Å². The summed E-state index contributed by atoms with van der Waals surface area (Å²) in [6, 6.07) is 72.4. The fraction of sp³-hybridized carbons (Fsp3) is 0.0196. The van der Waals surface area contributed by atoms with Gasteiger partial charge in [0.1, 0.15) is 0 Å². The summed E-state index contributed by atoms with van der Waals surface area (Å²) in [4.78, 5) is 0. The zero-order chi connectivity index (χ0) is 36.0.